The molecule has 0 bridgehead atoms. The van der Waals surface area contributed by atoms with Crippen LogP contribution in [0.5, 0.6) is 0 Å². The maximum atomic E-state index is 11.2. The van der Waals surface area contributed by atoms with Crippen molar-refractivity contribution in [1.29, 1.82) is 0 Å². The van der Waals surface area contributed by atoms with Crippen LogP contribution in [0.3, 0.4) is 0 Å². The maximum Gasteiger partial charge on any atom is 0.417 e. The number of aromatic amines is 1. The average Bonchev–Trinajstić information content (AvgIpc) is 2.92. The fraction of sp³-hybridized carbons (Fsp3) is 0.500. The lowest BCUT2D eigenvalue weighted by atomic mass is 9.95. The molecule has 1 aliphatic rings. The van der Waals surface area contributed by atoms with Crippen molar-refractivity contribution in [2.24, 2.45) is 11.8 Å². The van der Waals surface area contributed by atoms with Crippen molar-refractivity contribution in [2.75, 3.05) is 23.7 Å². The summed E-state index contributed by atoms with van der Waals surface area (Å²) in [6, 6.07) is 3.64. The first-order valence-corrected chi connectivity index (χ1v) is 6.72. The summed E-state index contributed by atoms with van der Waals surface area (Å²) in [4.78, 5) is 16.2. The molecule has 2 aromatic rings. The Hall–Kier alpha value is -1.91. The van der Waals surface area contributed by atoms with E-state index in [1.54, 1.807) is 6.07 Å². The first kappa shape index (κ1) is 12.1. The van der Waals surface area contributed by atoms with Gasteiger partial charge in [0.05, 0.1) is 16.9 Å². The normalized spacial score (nSPS) is 19.7. The van der Waals surface area contributed by atoms with E-state index in [1.165, 1.54) is 6.42 Å². The molecule has 1 aromatic heterocycles. The summed E-state index contributed by atoms with van der Waals surface area (Å²) in [5, 5.41) is 0. The van der Waals surface area contributed by atoms with Gasteiger partial charge >= 0.3 is 5.76 Å². The minimum atomic E-state index is -0.437. The molecular weight excluding hydrogens is 242 g/mol. The third kappa shape index (κ3) is 2.09. The van der Waals surface area contributed by atoms with E-state index < -0.39 is 5.76 Å². The molecule has 0 radical (unpaired) electrons. The zero-order valence-corrected chi connectivity index (χ0v) is 11.3. The van der Waals surface area contributed by atoms with Gasteiger partial charge in [0.1, 0.15) is 0 Å². The molecule has 1 atom stereocenters. The number of nitrogen functional groups attached to an aromatic ring is 1. The van der Waals surface area contributed by atoms with Gasteiger partial charge in [-0.15, -0.1) is 0 Å². The number of nitrogens with zero attached hydrogens (tertiary/aromatic N) is 1. The summed E-state index contributed by atoms with van der Waals surface area (Å²) in [6.07, 6.45) is 1.19. The van der Waals surface area contributed by atoms with Crippen LogP contribution in [0.1, 0.15) is 20.3 Å². The van der Waals surface area contributed by atoms with Crippen LogP contribution < -0.4 is 16.4 Å². The lowest BCUT2D eigenvalue weighted by Crippen LogP contribution is -2.22. The molecule has 1 fully saturated rings. The molecule has 3 N–H and O–H groups in total. The van der Waals surface area contributed by atoms with Gasteiger partial charge in [0.15, 0.2) is 5.58 Å². The van der Waals surface area contributed by atoms with E-state index in [4.69, 9.17) is 10.2 Å². The Morgan fingerprint density at radius 3 is 2.95 bits per heavy atom. The fourth-order valence-electron chi connectivity index (χ4n) is 2.83. The zero-order valence-electron chi connectivity index (χ0n) is 11.3. The van der Waals surface area contributed by atoms with E-state index in [9.17, 15) is 4.79 Å². The fourth-order valence-corrected chi connectivity index (χ4v) is 2.83. The van der Waals surface area contributed by atoms with Gasteiger partial charge in [-0.1, -0.05) is 13.8 Å². The topological polar surface area (TPSA) is 75.3 Å². The third-order valence-corrected chi connectivity index (χ3v) is 4.08. The highest BCUT2D eigenvalue weighted by molar-refractivity contribution is 5.85. The summed E-state index contributed by atoms with van der Waals surface area (Å²) in [5.74, 6) is 0.954. The molecule has 5 heteroatoms. The molecule has 19 heavy (non-hydrogen) atoms. The average molecular weight is 261 g/mol. The lowest BCUT2D eigenvalue weighted by molar-refractivity contribution is 0.423. The van der Waals surface area contributed by atoms with Crippen molar-refractivity contribution in [3.8, 4) is 0 Å². The van der Waals surface area contributed by atoms with Crippen LogP contribution in [0.25, 0.3) is 11.1 Å². The molecule has 0 amide bonds. The molecule has 1 saturated heterocycles. The minimum absolute atomic E-state index is 0.437. The van der Waals surface area contributed by atoms with Crippen LogP contribution in [0.2, 0.25) is 0 Å². The molecule has 5 nitrogen and oxygen atoms in total. The van der Waals surface area contributed by atoms with E-state index in [0.29, 0.717) is 28.6 Å². The largest absolute Gasteiger partial charge is 0.417 e. The van der Waals surface area contributed by atoms with Gasteiger partial charge in [0.2, 0.25) is 0 Å². The molecule has 0 spiro atoms. The third-order valence-electron chi connectivity index (χ3n) is 4.08. The van der Waals surface area contributed by atoms with Gasteiger partial charge in [-0.3, -0.25) is 4.98 Å². The number of hydrogen-bond acceptors (Lipinski definition) is 4. The van der Waals surface area contributed by atoms with Gasteiger partial charge in [-0.05, 0) is 24.3 Å². The molecule has 1 aromatic carbocycles. The second-order valence-corrected chi connectivity index (χ2v) is 5.66. The van der Waals surface area contributed by atoms with Gasteiger partial charge in [-0.2, -0.15) is 0 Å². The number of H-pyrrole nitrogens is 1. The maximum absolute atomic E-state index is 11.2. The van der Waals surface area contributed by atoms with E-state index in [2.05, 4.69) is 23.7 Å². The second-order valence-electron chi connectivity index (χ2n) is 5.66. The summed E-state index contributed by atoms with van der Waals surface area (Å²) in [5.41, 5.74) is 8.97. The Balaban J connectivity index is 1.96. The Kier molecular flexibility index (Phi) is 2.77. The van der Waals surface area contributed by atoms with E-state index in [1.807, 2.05) is 6.07 Å². The Morgan fingerprint density at radius 1 is 1.47 bits per heavy atom. The van der Waals surface area contributed by atoms with Crippen LogP contribution in [-0.2, 0) is 0 Å². The Bertz CT molecular complexity index is 656. The first-order chi connectivity index (χ1) is 9.04. The molecule has 1 aliphatic heterocycles. The number of oxazole rings is 1. The minimum Gasteiger partial charge on any atom is -0.408 e. The number of aromatic nitrogens is 1. The van der Waals surface area contributed by atoms with E-state index >= 15 is 0 Å². The number of fused-ring (bicyclic) bond motifs is 1. The Morgan fingerprint density at radius 2 is 2.26 bits per heavy atom. The van der Waals surface area contributed by atoms with Crippen molar-refractivity contribution < 1.29 is 4.42 Å². The van der Waals surface area contributed by atoms with Crippen LogP contribution in [0.15, 0.2) is 21.3 Å². The van der Waals surface area contributed by atoms with Gasteiger partial charge in [0.25, 0.3) is 0 Å². The van der Waals surface area contributed by atoms with Gasteiger partial charge in [0, 0.05) is 19.2 Å². The van der Waals surface area contributed by atoms with Gasteiger partial charge < -0.3 is 15.1 Å². The highest BCUT2D eigenvalue weighted by atomic mass is 16.4. The van der Waals surface area contributed by atoms with Crippen molar-refractivity contribution in [1.82, 2.24) is 4.98 Å². The van der Waals surface area contributed by atoms with Crippen molar-refractivity contribution >= 4 is 22.5 Å². The van der Waals surface area contributed by atoms with Crippen LogP contribution in [0, 0.1) is 11.8 Å². The van der Waals surface area contributed by atoms with Crippen molar-refractivity contribution in [3.63, 3.8) is 0 Å². The van der Waals surface area contributed by atoms with Crippen molar-refractivity contribution in [2.45, 2.75) is 20.3 Å². The predicted molar refractivity (Wildman–Crippen MR) is 76.4 cm³/mol. The summed E-state index contributed by atoms with van der Waals surface area (Å²) >= 11 is 0. The molecule has 0 aliphatic carbocycles. The number of benzene rings is 1. The molecular formula is C14H19N3O2. The molecule has 1 unspecified atom stereocenters. The highest BCUT2D eigenvalue weighted by Crippen LogP contribution is 2.33. The number of nitrogens with one attached hydrogen (secondary N) is 1. The highest BCUT2D eigenvalue weighted by Gasteiger charge is 2.26. The second kappa shape index (κ2) is 4.33. The number of rotatable bonds is 2. The van der Waals surface area contributed by atoms with E-state index in [0.717, 1.165) is 18.8 Å². The molecule has 0 saturated carbocycles. The molecule has 102 valence electrons. The summed E-state index contributed by atoms with van der Waals surface area (Å²) in [7, 11) is 0. The van der Waals surface area contributed by atoms with E-state index in [-0.39, 0.29) is 0 Å². The number of hydrogen-bond donors (Lipinski definition) is 2. The Labute approximate surface area is 111 Å². The monoisotopic (exact) mass is 261 g/mol. The van der Waals surface area contributed by atoms with Crippen LogP contribution in [0.4, 0.5) is 11.4 Å². The smallest absolute Gasteiger partial charge is 0.408 e. The number of anilines is 2. The standard InChI is InChI=1S/C14H19N3O2/c1-8(2)9-3-4-17(7-9)12-6-11-13(5-10(12)15)19-14(18)16-11/h5-6,8-9H,3-4,7,15H2,1-2H3,(H,16,18). The predicted octanol–water partition coefficient (Wildman–Crippen LogP) is 2.19. The summed E-state index contributed by atoms with van der Waals surface area (Å²) < 4.78 is 5.02. The first-order valence-electron chi connectivity index (χ1n) is 6.72. The van der Waals surface area contributed by atoms with Crippen molar-refractivity contribution in [3.05, 3.63) is 22.7 Å². The quantitative estimate of drug-likeness (QED) is 0.812. The lowest BCUT2D eigenvalue weighted by Gasteiger charge is -2.21. The van der Waals surface area contributed by atoms with Crippen LogP contribution >= 0.6 is 0 Å². The SMILES string of the molecule is CC(C)C1CCN(c2cc3[nH]c(=O)oc3cc2N)C1. The molecule has 2 heterocycles. The summed E-state index contributed by atoms with van der Waals surface area (Å²) in [6.45, 7) is 6.55. The zero-order chi connectivity index (χ0) is 13.6. The molecule has 3 rings (SSSR count). The van der Waals surface area contributed by atoms with Gasteiger partial charge in [-0.25, -0.2) is 4.79 Å². The number of nitrogens with two attached hydrogens (primary N) is 1. The van der Waals surface area contributed by atoms with Crippen LogP contribution in [-0.4, -0.2) is 18.1 Å².